The maximum atomic E-state index is 13.8. The molecule has 1 aromatic heterocycles. The van der Waals surface area contributed by atoms with Gasteiger partial charge in [0.1, 0.15) is 18.1 Å². The first-order valence-electron chi connectivity index (χ1n) is 11.5. The van der Waals surface area contributed by atoms with Crippen LogP contribution in [0.25, 0.3) is 10.9 Å². The summed E-state index contributed by atoms with van der Waals surface area (Å²) >= 11 is 0. The summed E-state index contributed by atoms with van der Waals surface area (Å²) in [5, 5.41) is 10.6. The molecule has 0 saturated heterocycles. The number of carbonyl (C=O) groups is 1. The van der Waals surface area contributed by atoms with Gasteiger partial charge in [0.05, 0.1) is 32.0 Å². The number of rotatable bonds is 9. The lowest BCUT2D eigenvalue weighted by Crippen LogP contribution is -2.34. The van der Waals surface area contributed by atoms with Gasteiger partial charge >= 0.3 is 6.09 Å². The van der Waals surface area contributed by atoms with Crippen LogP contribution >= 0.6 is 0 Å². The maximum Gasteiger partial charge on any atom is 0.411 e. The van der Waals surface area contributed by atoms with Crippen molar-refractivity contribution in [1.29, 1.82) is 0 Å². The van der Waals surface area contributed by atoms with Gasteiger partial charge in [-0.15, -0.1) is 0 Å². The summed E-state index contributed by atoms with van der Waals surface area (Å²) in [6.07, 6.45) is 0.497. The summed E-state index contributed by atoms with van der Waals surface area (Å²) in [6, 6.07) is 14.7. The second-order valence-electron chi connectivity index (χ2n) is 8.18. The Hall–Kier alpha value is -4.53. The van der Waals surface area contributed by atoms with E-state index in [0.717, 1.165) is 16.5 Å². The lowest BCUT2D eigenvalue weighted by Gasteiger charge is -2.23. The van der Waals surface area contributed by atoms with Gasteiger partial charge in [0, 0.05) is 17.6 Å². The van der Waals surface area contributed by atoms with Gasteiger partial charge in [0.15, 0.2) is 23.1 Å². The second-order valence-corrected chi connectivity index (χ2v) is 8.18. The van der Waals surface area contributed by atoms with Crippen molar-refractivity contribution in [3.63, 3.8) is 0 Å². The van der Waals surface area contributed by atoms with Crippen LogP contribution in [0, 0.1) is 19.7 Å². The number of carboxylic acid groups (broad SMARTS) is 1. The van der Waals surface area contributed by atoms with Crippen LogP contribution in [0.2, 0.25) is 0 Å². The van der Waals surface area contributed by atoms with E-state index in [1.165, 1.54) is 17.0 Å². The molecule has 4 rings (SSSR count). The molecule has 0 fully saturated rings. The molecule has 1 heterocycles. The first kappa shape index (κ1) is 25.6. The summed E-state index contributed by atoms with van der Waals surface area (Å²) in [5.74, 6) is 1.81. The minimum atomic E-state index is -1.14. The second kappa shape index (κ2) is 11.0. The maximum absolute atomic E-state index is 13.8. The molecule has 3 aromatic carbocycles. The smallest absolute Gasteiger partial charge is 0.411 e. The number of nitrogens with zero attached hydrogens (tertiary/aromatic N) is 2. The van der Waals surface area contributed by atoms with Crippen LogP contribution in [0.5, 0.6) is 28.7 Å². The zero-order valence-corrected chi connectivity index (χ0v) is 20.9. The number of hydrogen-bond acceptors (Lipinski definition) is 6. The Balaban J connectivity index is 1.59. The van der Waals surface area contributed by atoms with Crippen LogP contribution in [0.4, 0.5) is 14.9 Å². The fourth-order valence-corrected chi connectivity index (χ4v) is 3.97. The number of fused-ring (bicyclic) bond motifs is 1. The van der Waals surface area contributed by atoms with Gasteiger partial charge in [-0.2, -0.15) is 0 Å². The average Bonchev–Trinajstić information content (AvgIpc) is 2.90. The van der Waals surface area contributed by atoms with E-state index in [4.69, 9.17) is 18.9 Å². The molecular weight excluding hydrogens is 479 g/mol. The molecule has 37 heavy (non-hydrogen) atoms. The normalized spacial score (nSPS) is 10.7. The molecule has 0 aliphatic heterocycles. The van der Waals surface area contributed by atoms with E-state index in [1.807, 2.05) is 13.8 Å². The van der Waals surface area contributed by atoms with E-state index in [9.17, 15) is 14.3 Å². The minimum absolute atomic E-state index is 0.0147. The number of hydrogen-bond donors (Lipinski definition) is 1. The SMILES string of the molecule is COc1cc2nccc(Oc3ccc(N(CCOc4ccccc4F)C(=O)O)c(C)c3C)c2cc1OC. The van der Waals surface area contributed by atoms with Crippen molar-refractivity contribution in [1.82, 2.24) is 4.98 Å². The van der Waals surface area contributed by atoms with Crippen molar-refractivity contribution in [2.45, 2.75) is 13.8 Å². The molecule has 0 aliphatic carbocycles. The van der Waals surface area contributed by atoms with E-state index in [2.05, 4.69) is 4.98 Å². The highest BCUT2D eigenvalue weighted by Crippen LogP contribution is 2.39. The van der Waals surface area contributed by atoms with Gasteiger partial charge in [-0.05, 0) is 61.4 Å². The number of pyridine rings is 1. The number of para-hydroxylation sites is 1. The third kappa shape index (κ3) is 5.35. The molecule has 0 saturated carbocycles. The first-order chi connectivity index (χ1) is 17.8. The molecule has 192 valence electrons. The van der Waals surface area contributed by atoms with Crippen molar-refractivity contribution in [2.24, 2.45) is 0 Å². The van der Waals surface area contributed by atoms with E-state index < -0.39 is 11.9 Å². The van der Waals surface area contributed by atoms with Crippen LogP contribution in [0.1, 0.15) is 11.1 Å². The number of methoxy groups -OCH3 is 2. The summed E-state index contributed by atoms with van der Waals surface area (Å²) in [7, 11) is 3.12. The number of ether oxygens (including phenoxy) is 4. The molecule has 0 bridgehead atoms. The van der Waals surface area contributed by atoms with Crippen molar-refractivity contribution in [2.75, 3.05) is 32.3 Å². The Kier molecular flexibility index (Phi) is 7.62. The quantitative estimate of drug-likeness (QED) is 0.282. The largest absolute Gasteiger partial charge is 0.493 e. The summed E-state index contributed by atoms with van der Waals surface area (Å²) in [5.41, 5.74) is 2.65. The molecule has 0 aliphatic rings. The molecule has 9 heteroatoms. The number of aromatic nitrogens is 1. The van der Waals surface area contributed by atoms with E-state index in [1.54, 1.807) is 62.9 Å². The van der Waals surface area contributed by atoms with Crippen molar-refractivity contribution >= 4 is 22.7 Å². The lowest BCUT2D eigenvalue weighted by molar-refractivity contribution is 0.199. The van der Waals surface area contributed by atoms with E-state index in [0.29, 0.717) is 34.2 Å². The predicted molar refractivity (Wildman–Crippen MR) is 138 cm³/mol. The van der Waals surface area contributed by atoms with Crippen LogP contribution in [-0.4, -0.2) is 43.6 Å². The van der Waals surface area contributed by atoms with Gasteiger partial charge < -0.3 is 24.1 Å². The number of halogens is 1. The molecule has 0 atom stereocenters. The van der Waals surface area contributed by atoms with Gasteiger partial charge in [-0.1, -0.05) is 12.1 Å². The molecule has 1 amide bonds. The lowest BCUT2D eigenvalue weighted by atomic mass is 10.1. The van der Waals surface area contributed by atoms with Crippen LogP contribution < -0.4 is 23.8 Å². The highest BCUT2D eigenvalue weighted by Gasteiger charge is 2.20. The monoisotopic (exact) mass is 506 g/mol. The Bertz CT molecular complexity index is 1440. The molecule has 0 unspecified atom stereocenters. The highest BCUT2D eigenvalue weighted by molar-refractivity contribution is 5.89. The first-order valence-corrected chi connectivity index (χ1v) is 11.5. The molecule has 0 spiro atoms. The van der Waals surface area contributed by atoms with Crippen molar-refractivity contribution < 1.29 is 33.2 Å². The van der Waals surface area contributed by atoms with Crippen LogP contribution in [0.3, 0.4) is 0 Å². The summed E-state index contributed by atoms with van der Waals surface area (Å²) in [4.78, 5) is 17.6. The topological polar surface area (TPSA) is 90.4 Å². The Labute approximate surface area is 213 Å². The number of anilines is 1. The molecule has 4 aromatic rings. The molecule has 0 radical (unpaired) electrons. The van der Waals surface area contributed by atoms with Crippen LogP contribution in [0.15, 0.2) is 60.8 Å². The standard InChI is InChI=1S/C28H27FN2O6/c1-17-18(2)23(37-24-11-12-30-21-16-27(35-4)26(34-3)15-19(21)24)10-9-22(17)31(28(32)33)13-14-36-25-8-6-5-7-20(25)29/h5-12,15-16H,13-14H2,1-4H3,(H,32,33). The molecule has 1 N–H and O–H groups in total. The van der Waals surface area contributed by atoms with Gasteiger partial charge in [-0.25, -0.2) is 9.18 Å². The van der Waals surface area contributed by atoms with Gasteiger partial charge in [0.25, 0.3) is 0 Å². The van der Waals surface area contributed by atoms with E-state index >= 15 is 0 Å². The fraction of sp³-hybridized carbons (Fsp3) is 0.214. The zero-order chi connectivity index (χ0) is 26.5. The third-order valence-electron chi connectivity index (χ3n) is 6.07. The number of benzene rings is 3. The average molecular weight is 507 g/mol. The fourth-order valence-electron chi connectivity index (χ4n) is 3.97. The van der Waals surface area contributed by atoms with E-state index in [-0.39, 0.29) is 18.9 Å². The predicted octanol–water partition coefficient (Wildman–Crippen LogP) is 6.36. The van der Waals surface area contributed by atoms with Gasteiger partial charge in [-0.3, -0.25) is 9.88 Å². The third-order valence-corrected chi connectivity index (χ3v) is 6.07. The van der Waals surface area contributed by atoms with Gasteiger partial charge in [0.2, 0.25) is 0 Å². The summed E-state index contributed by atoms with van der Waals surface area (Å²) < 4.78 is 36.3. The molecule has 8 nitrogen and oxygen atoms in total. The zero-order valence-electron chi connectivity index (χ0n) is 20.9. The Morgan fingerprint density at radius 3 is 2.35 bits per heavy atom. The highest BCUT2D eigenvalue weighted by atomic mass is 19.1. The van der Waals surface area contributed by atoms with Crippen molar-refractivity contribution in [3.05, 3.63) is 77.7 Å². The molecular formula is C28H27FN2O6. The summed E-state index contributed by atoms with van der Waals surface area (Å²) in [6.45, 7) is 3.68. The Morgan fingerprint density at radius 1 is 0.919 bits per heavy atom. The Morgan fingerprint density at radius 2 is 1.65 bits per heavy atom. The number of amides is 1. The minimum Gasteiger partial charge on any atom is -0.493 e. The van der Waals surface area contributed by atoms with Crippen LogP contribution in [-0.2, 0) is 0 Å². The van der Waals surface area contributed by atoms with Crippen molar-refractivity contribution in [3.8, 4) is 28.7 Å².